The van der Waals surface area contributed by atoms with Crippen LogP contribution in [0.4, 0.5) is 5.69 Å². The first-order valence-electron chi connectivity index (χ1n) is 11.2. The molecular formula is C28H27NO3. The van der Waals surface area contributed by atoms with Crippen molar-refractivity contribution in [2.75, 3.05) is 11.4 Å². The molecule has 2 N–H and O–H groups in total. The number of benzene rings is 3. The lowest BCUT2D eigenvalue weighted by atomic mass is 9.76. The maximum Gasteiger partial charge on any atom is 0.328 e. The highest BCUT2D eigenvalue weighted by Gasteiger charge is 2.40. The van der Waals surface area contributed by atoms with Crippen LogP contribution in [0.15, 0.2) is 72.8 Å². The number of fused-ring (bicyclic) bond motifs is 1. The standard InChI is InChI=1S/C28H27NO3/c1-28(23-9-2-19(3-10-23)4-15-27(31)32)26-14-13-25(30)18-22(26)16-17-29(28)24-11-7-21(8-12-24)20-5-6-20/h2-4,7-15,18,20,30H,5-6,16-17H2,1H3,(H,31,32)/b15-4+. The summed E-state index contributed by atoms with van der Waals surface area (Å²) in [6.07, 6.45) is 6.21. The van der Waals surface area contributed by atoms with Gasteiger partial charge in [0.1, 0.15) is 5.75 Å². The number of aliphatic carboxylic acids is 1. The summed E-state index contributed by atoms with van der Waals surface area (Å²) < 4.78 is 0. The van der Waals surface area contributed by atoms with Gasteiger partial charge < -0.3 is 15.1 Å². The molecule has 1 unspecified atom stereocenters. The molecule has 162 valence electrons. The number of anilines is 1. The van der Waals surface area contributed by atoms with Crippen molar-refractivity contribution < 1.29 is 15.0 Å². The van der Waals surface area contributed by atoms with Gasteiger partial charge in [-0.2, -0.15) is 0 Å². The average molecular weight is 426 g/mol. The van der Waals surface area contributed by atoms with Gasteiger partial charge in [0.25, 0.3) is 0 Å². The van der Waals surface area contributed by atoms with E-state index in [1.54, 1.807) is 12.1 Å². The second kappa shape index (κ2) is 7.86. The topological polar surface area (TPSA) is 60.8 Å². The van der Waals surface area contributed by atoms with Crippen molar-refractivity contribution in [2.45, 2.75) is 37.6 Å². The third-order valence-electron chi connectivity index (χ3n) is 6.90. The summed E-state index contributed by atoms with van der Waals surface area (Å²) in [5.41, 5.74) is 6.51. The van der Waals surface area contributed by atoms with Gasteiger partial charge in [-0.25, -0.2) is 4.79 Å². The Labute approximate surface area is 188 Å². The quantitative estimate of drug-likeness (QED) is 0.515. The first kappa shape index (κ1) is 20.4. The minimum Gasteiger partial charge on any atom is -0.508 e. The van der Waals surface area contributed by atoms with Crippen molar-refractivity contribution in [3.63, 3.8) is 0 Å². The third-order valence-corrected chi connectivity index (χ3v) is 6.90. The van der Waals surface area contributed by atoms with Gasteiger partial charge in [-0.3, -0.25) is 0 Å². The fourth-order valence-electron chi connectivity index (χ4n) is 4.99. The van der Waals surface area contributed by atoms with Gasteiger partial charge in [0, 0.05) is 18.3 Å². The van der Waals surface area contributed by atoms with E-state index < -0.39 is 11.5 Å². The lowest BCUT2D eigenvalue weighted by Crippen LogP contribution is -2.49. The van der Waals surface area contributed by atoms with E-state index in [1.807, 2.05) is 24.3 Å². The van der Waals surface area contributed by atoms with Gasteiger partial charge in [0.15, 0.2) is 0 Å². The first-order chi connectivity index (χ1) is 15.4. The van der Waals surface area contributed by atoms with E-state index >= 15 is 0 Å². The van der Waals surface area contributed by atoms with Crippen molar-refractivity contribution in [3.8, 4) is 5.75 Å². The van der Waals surface area contributed by atoms with E-state index in [-0.39, 0.29) is 0 Å². The van der Waals surface area contributed by atoms with Gasteiger partial charge in [-0.1, -0.05) is 42.5 Å². The average Bonchev–Trinajstić information content (AvgIpc) is 3.64. The summed E-state index contributed by atoms with van der Waals surface area (Å²) in [4.78, 5) is 13.3. The number of carboxylic acids is 1. The fraction of sp³-hybridized carbons (Fsp3) is 0.250. The van der Waals surface area contributed by atoms with Gasteiger partial charge in [-0.05, 0) is 90.3 Å². The molecule has 1 saturated carbocycles. The highest BCUT2D eigenvalue weighted by Crippen LogP contribution is 2.45. The number of aromatic hydroxyl groups is 1. The molecule has 1 atom stereocenters. The number of phenolic OH excluding ortho intramolecular Hbond substituents is 1. The molecule has 0 saturated heterocycles. The largest absolute Gasteiger partial charge is 0.508 e. The smallest absolute Gasteiger partial charge is 0.328 e. The van der Waals surface area contributed by atoms with Gasteiger partial charge in [0.2, 0.25) is 0 Å². The van der Waals surface area contributed by atoms with Crippen molar-refractivity contribution in [3.05, 3.63) is 101 Å². The molecule has 0 aromatic heterocycles. The molecule has 1 aliphatic heterocycles. The van der Waals surface area contributed by atoms with Gasteiger partial charge >= 0.3 is 5.97 Å². The Bertz CT molecular complexity index is 1180. The van der Waals surface area contributed by atoms with Crippen molar-refractivity contribution in [2.24, 2.45) is 0 Å². The van der Waals surface area contributed by atoms with E-state index in [4.69, 9.17) is 5.11 Å². The minimum atomic E-state index is -0.956. The summed E-state index contributed by atoms with van der Waals surface area (Å²) in [7, 11) is 0. The molecule has 32 heavy (non-hydrogen) atoms. The number of carboxylic acid groups (broad SMARTS) is 1. The molecule has 0 radical (unpaired) electrons. The molecule has 3 aromatic rings. The van der Waals surface area contributed by atoms with Crippen molar-refractivity contribution >= 4 is 17.7 Å². The zero-order valence-electron chi connectivity index (χ0n) is 18.2. The molecule has 1 heterocycles. The molecule has 3 aromatic carbocycles. The summed E-state index contributed by atoms with van der Waals surface area (Å²) >= 11 is 0. The van der Waals surface area contributed by atoms with E-state index in [9.17, 15) is 9.90 Å². The van der Waals surface area contributed by atoms with Crippen LogP contribution in [-0.2, 0) is 16.8 Å². The number of hydrogen-bond donors (Lipinski definition) is 2. The minimum absolute atomic E-state index is 0.294. The number of carbonyl (C=O) groups is 1. The Morgan fingerprint density at radius 2 is 1.75 bits per heavy atom. The van der Waals surface area contributed by atoms with Crippen LogP contribution in [0, 0.1) is 0 Å². The Kier molecular flexibility index (Phi) is 5.01. The molecule has 5 rings (SSSR count). The summed E-state index contributed by atoms with van der Waals surface area (Å²) in [5, 5.41) is 19.0. The number of hydrogen-bond acceptors (Lipinski definition) is 3. The summed E-state index contributed by atoms with van der Waals surface area (Å²) in [6.45, 7) is 3.08. The summed E-state index contributed by atoms with van der Waals surface area (Å²) in [5.74, 6) is 0.0669. The lowest BCUT2D eigenvalue weighted by molar-refractivity contribution is -0.131. The van der Waals surface area contributed by atoms with Crippen LogP contribution < -0.4 is 4.90 Å². The van der Waals surface area contributed by atoms with Crippen LogP contribution in [-0.4, -0.2) is 22.7 Å². The zero-order chi connectivity index (χ0) is 22.3. The van der Waals surface area contributed by atoms with Crippen LogP contribution in [0.25, 0.3) is 6.08 Å². The molecule has 2 aliphatic rings. The number of phenols is 1. The van der Waals surface area contributed by atoms with E-state index in [0.29, 0.717) is 5.75 Å². The summed E-state index contributed by atoms with van der Waals surface area (Å²) in [6, 6.07) is 22.8. The molecule has 0 spiro atoms. The molecular weight excluding hydrogens is 398 g/mol. The third kappa shape index (κ3) is 3.66. The van der Waals surface area contributed by atoms with E-state index in [1.165, 1.54) is 29.7 Å². The molecule has 0 bridgehead atoms. The lowest BCUT2D eigenvalue weighted by Gasteiger charge is -2.48. The van der Waals surface area contributed by atoms with Crippen LogP contribution in [0.1, 0.15) is 53.5 Å². The predicted octanol–water partition coefficient (Wildman–Crippen LogP) is 5.69. The maximum atomic E-state index is 10.9. The fourth-order valence-corrected chi connectivity index (χ4v) is 4.99. The molecule has 0 amide bonds. The van der Waals surface area contributed by atoms with Crippen LogP contribution in [0.5, 0.6) is 5.75 Å². The van der Waals surface area contributed by atoms with Crippen LogP contribution in [0.3, 0.4) is 0 Å². The SMILES string of the molecule is CC1(c2ccc(/C=C/C(=O)O)cc2)c2ccc(O)cc2CCN1c1ccc(C2CC2)cc1. The molecule has 4 heteroatoms. The molecule has 4 nitrogen and oxygen atoms in total. The Hall–Kier alpha value is -3.53. The van der Waals surface area contributed by atoms with Crippen molar-refractivity contribution in [1.29, 1.82) is 0 Å². The predicted molar refractivity (Wildman–Crippen MR) is 127 cm³/mol. The van der Waals surface area contributed by atoms with E-state index in [2.05, 4.69) is 48.2 Å². The first-order valence-corrected chi connectivity index (χ1v) is 11.2. The second-order valence-corrected chi connectivity index (χ2v) is 8.97. The Morgan fingerprint density at radius 3 is 2.41 bits per heavy atom. The highest BCUT2D eigenvalue weighted by atomic mass is 16.4. The number of rotatable bonds is 5. The van der Waals surface area contributed by atoms with Crippen LogP contribution >= 0.6 is 0 Å². The highest BCUT2D eigenvalue weighted by molar-refractivity contribution is 5.85. The van der Waals surface area contributed by atoms with Crippen LogP contribution in [0.2, 0.25) is 0 Å². The van der Waals surface area contributed by atoms with Gasteiger partial charge in [-0.15, -0.1) is 0 Å². The molecule has 1 aliphatic carbocycles. The normalized spacial score (nSPS) is 20.3. The second-order valence-electron chi connectivity index (χ2n) is 8.97. The Morgan fingerprint density at radius 1 is 1.03 bits per heavy atom. The van der Waals surface area contributed by atoms with Gasteiger partial charge in [0.05, 0.1) is 5.54 Å². The van der Waals surface area contributed by atoms with Crippen molar-refractivity contribution in [1.82, 2.24) is 0 Å². The maximum absolute atomic E-state index is 10.9. The molecule has 1 fully saturated rings. The Balaban J connectivity index is 1.58. The zero-order valence-corrected chi connectivity index (χ0v) is 18.2. The number of nitrogens with zero attached hydrogens (tertiary/aromatic N) is 1. The van der Waals surface area contributed by atoms with E-state index in [0.717, 1.165) is 41.6 Å². The monoisotopic (exact) mass is 425 g/mol.